The van der Waals surface area contributed by atoms with Gasteiger partial charge in [0.15, 0.2) is 5.58 Å². The highest BCUT2D eigenvalue weighted by Crippen LogP contribution is 2.29. The van der Waals surface area contributed by atoms with Crippen LogP contribution in [0, 0.1) is 0 Å². The lowest BCUT2D eigenvalue weighted by molar-refractivity contribution is 0.187. The standard InChI is InChI=1S/C15H14N2O2/c16-9-13(18)10-5-1-2-6-11(10)15-17-12-7-3-4-8-14(12)19-15/h1-8,13,18H,9,16H2. The first-order valence-electron chi connectivity index (χ1n) is 6.12. The molecule has 2 aromatic carbocycles. The number of hydrogen-bond donors (Lipinski definition) is 2. The second-order valence-electron chi connectivity index (χ2n) is 4.33. The zero-order valence-corrected chi connectivity index (χ0v) is 10.3. The Balaban J connectivity index is 2.15. The van der Waals surface area contributed by atoms with Crippen molar-refractivity contribution in [3.8, 4) is 11.5 Å². The fourth-order valence-corrected chi connectivity index (χ4v) is 2.10. The van der Waals surface area contributed by atoms with Crippen LogP contribution in [0.2, 0.25) is 0 Å². The Morgan fingerprint density at radius 1 is 1.11 bits per heavy atom. The topological polar surface area (TPSA) is 72.3 Å². The second kappa shape index (κ2) is 4.84. The molecule has 0 aliphatic carbocycles. The molecule has 4 heteroatoms. The van der Waals surface area contributed by atoms with Gasteiger partial charge in [0.1, 0.15) is 5.52 Å². The molecule has 1 unspecified atom stereocenters. The van der Waals surface area contributed by atoms with E-state index in [9.17, 15) is 5.11 Å². The van der Waals surface area contributed by atoms with Crippen LogP contribution < -0.4 is 5.73 Å². The van der Waals surface area contributed by atoms with Gasteiger partial charge in [0, 0.05) is 12.1 Å². The van der Waals surface area contributed by atoms with Gasteiger partial charge in [0.05, 0.1) is 6.10 Å². The molecule has 3 N–H and O–H groups in total. The number of aliphatic hydroxyl groups excluding tert-OH is 1. The average Bonchev–Trinajstić information content (AvgIpc) is 2.90. The third-order valence-corrected chi connectivity index (χ3v) is 3.07. The van der Waals surface area contributed by atoms with Gasteiger partial charge < -0.3 is 15.3 Å². The van der Waals surface area contributed by atoms with E-state index in [4.69, 9.17) is 10.2 Å². The maximum Gasteiger partial charge on any atom is 0.227 e. The molecule has 0 radical (unpaired) electrons. The summed E-state index contributed by atoms with van der Waals surface area (Å²) in [4.78, 5) is 4.44. The normalized spacial score (nSPS) is 12.7. The molecule has 3 rings (SSSR count). The lowest BCUT2D eigenvalue weighted by Gasteiger charge is -2.11. The first kappa shape index (κ1) is 11.9. The molecule has 4 nitrogen and oxygen atoms in total. The molecule has 0 fully saturated rings. The van der Waals surface area contributed by atoms with E-state index in [1.54, 1.807) is 0 Å². The molecule has 19 heavy (non-hydrogen) atoms. The van der Waals surface area contributed by atoms with Gasteiger partial charge in [-0.15, -0.1) is 0 Å². The SMILES string of the molecule is NCC(O)c1ccccc1-c1nc2ccccc2o1. The summed E-state index contributed by atoms with van der Waals surface area (Å²) >= 11 is 0. The number of oxazole rings is 1. The van der Waals surface area contributed by atoms with Crippen LogP contribution in [-0.4, -0.2) is 16.6 Å². The van der Waals surface area contributed by atoms with E-state index < -0.39 is 6.10 Å². The Bertz CT molecular complexity index is 673. The summed E-state index contributed by atoms with van der Waals surface area (Å²) in [5.41, 5.74) is 8.56. The van der Waals surface area contributed by atoms with Crippen LogP contribution >= 0.6 is 0 Å². The molecule has 0 bridgehead atoms. The van der Waals surface area contributed by atoms with Crippen LogP contribution in [0.1, 0.15) is 11.7 Å². The summed E-state index contributed by atoms with van der Waals surface area (Å²) in [6.45, 7) is 0.164. The van der Waals surface area contributed by atoms with Crippen molar-refractivity contribution in [2.45, 2.75) is 6.10 Å². The molecule has 0 saturated carbocycles. The van der Waals surface area contributed by atoms with E-state index in [0.717, 1.165) is 22.2 Å². The molecule has 0 aliphatic rings. The van der Waals surface area contributed by atoms with E-state index in [0.29, 0.717) is 5.89 Å². The largest absolute Gasteiger partial charge is 0.436 e. The summed E-state index contributed by atoms with van der Waals surface area (Å²) in [5, 5.41) is 9.95. The zero-order chi connectivity index (χ0) is 13.2. The van der Waals surface area contributed by atoms with Gasteiger partial charge >= 0.3 is 0 Å². The zero-order valence-electron chi connectivity index (χ0n) is 10.3. The number of rotatable bonds is 3. The summed E-state index contributed by atoms with van der Waals surface area (Å²) in [6, 6.07) is 15.0. The maximum atomic E-state index is 9.95. The van der Waals surface area contributed by atoms with Gasteiger partial charge in [0.2, 0.25) is 5.89 Å². The van der Waals surface area contributed by atoms with Crippen LogP contribution in [0.15, 0.2) is 52.9 Å². The summed E-state index contributed by atoms with van der Waals surface area (Å²) in [7, 11) is 0. The number of benzene rings is 2. The lowest BCUT2D eigenvalue weighted by atomic mass is 10.0. The van der Waals surface area contributed by atoms with Crippen LogP contribution in [0.5, 0.6) is 0 Å². The molecule has 96 valence electrons. The fourth-order valence-electron chi connectivity index (χ4n) is 2.10. The third-order valence-electron chi connectivity index (χ3n) is 3.07. The van der Waals surface area contributed by atoms with Gasteiger partial charge in [-0.05, 0) is 23.8 Å². The van der Waals surface area contributed by atoms with Crippen molar-refractivity contribution in [2.75, 3.05) is 6.54 Å². The first-order chi connectivity index (χ1) is 9.29. The predicted molar refractivity (Wildman–Crippen MR) is 73.5 cm³/mol. The van der Waals surface area contributed by atoms with Crippen molar-refractivity contribution in [1.82, 2.24) is 4.98 Å². The fraction of sp³-hybridized carbons (Fsp3) is 0.133. The van der Waals surface area contributed by atoms with Gasteiger partial charge in [-0.2, -0.15) is 0 Å². The summed E-state index contributed by atoms with van der Waals surface area (Å²) in [6.07, 6.45) is -0.716. The molecule has 1 atom stereocenters. The minimum absolute atomic E-state index is 0.164. The Hall–Kier alpha value is -2.17. The van der Waals surface area contributed by atoms with Crippen molar-refractivity contribution in [1.29, 1.82) is 0 Å². The summed E-state index contributed by atoms with van der Waals surface area (Å²) in [5.74, 6) is 0.504. The van der Waals surface area contributed by atoms with Crippen molar-refractivity contribution >= 4 is 11.1 Å². The molecule has 0 spiro atoms. The minimum atomic E-state index is -0.716. The highest BCUT2D eigenvalue weighted by molar-refractivity contribution is 5.76. The molecule has 1 heterocycles. The summed E-state index contributed by atoms with van der Waals surface area (Å²) < 4.78 is 5.73. The lowest BCUT2D eigenvalue weighted by Crippen LogP contribution is -2.12. The van der Waals surface area contributed by atoms with Gasteiger partial charge in [0.25, 0.3) is 0 Å². The maximum absolute atomic E-state index is 9.95. The number of nitrogens with zero attached hydrogens (tertiary/aromatic N) is 1. The molecule has 3 aromatic rings. The predicted octanol–water partition coefficient (Wildman–Crippen LogP) is 2.49. The number of nitrogens with two attached hydrogens (primary N) is 1. The monoisotopic (exact) mass is 254 g/mol. The minimum Gasteiger partial charge on any atom is -0.436 e. The van der Waals surface area contributed by atoms with Crippen molar-refractivity contribution in [2.24, 2.45) is 5.73 Å². The number of aliphatic hydroxyl groups is 1. The van der Waals surface area contributed by atoms with Crippen LogP contribution in [-0.2, 0) is 0 Å². The van der Waals surface area contributed by atoms with Crippen molar-refractivity contribution < 1.29 is 9.52 Å². The number of aromatic nitrogens is 1. The van der Waals surface area contributed by atoms with E-state index in [1.807, 2.05) is 48.5 Å². The first-order valence-corrected chi connectivity index (χ1v) is 6.12. The molecule has 0 saturated heterocycles. The average molecular weight is 254 g/mol. The number of hydrogen-bond acceptors (Lipinski definition) is 4. The number of fused-ring (bicyclic) bond motifs is 1. The molecule has 0 aliphatic heterocycles. The molecule has 1 aromatic heterocycles. The smallest absolute Gasteiger partial charge is 0.227 e. The molecular weight excluding hydrogens is 240 g/mol. The van der Waals surface area contributed by atoms with E-state index in [1.165, 1.54) is 0 Å². The second-order valence-corrected chi connectivity index (χ2v) is 4.33. The van der Waals surface area contributed by atoms with Gasteiger partial charge in [-0.25, -0.2) is 4.98 Å². The molecular formula is C15H14N2O2. The Labute approximate surface area is 110 Å². The van der Waals surface area contributed by atoms with Crippen LogP contribution in [0.4, 0.5) is 0 Å². The Morgan fingerprint density at radius 2 is 1.84 bits per heavy atom. The van der Waals surface area contributed by atoms with E-state index >= 15 is 0 Å². The van der Waals surface area contributed by atoms with Gasteiger partial charge in [-0.1, -0.05) is 30.3 Å². The highest BCUT2D eigenvalue weighted by atomic mass is 16.3. The Morgan fingerprint density at radius 3 is 2.63 bits per heavy atom. The Kier molecular flexibility index (Phi) is 3.03. The molecule has 0 amide bonds. The van der Waals surface area contributed by atoms with Crippen LogP contribution in [0.25, 0.3) is 22.6 Å². The third kappa shape index (κ3) is 2.12. The quantitative estimate of drug-likeness (QED) is 0.753. The van der Waals surface area contributed by atoms with E-state index in [2.05, 4.69) is 4.98 Å². The van der Waals surface area contributed by atoms with Crippen molar-refractivity contribution in [3.63, 3.8) is 0 Å². The van der Waals surface area contributed by atoms with Crippen LogP contribution in [0.3, 0.4) is 0 Å². The number of para-hydroxylation sites is 2. The van der Waals surface area contributed by atoms with E-state index in [-0.39, 0.29) is 6.54 Å². The van der Waals surface area contributed by atoms with Gasteiger partial charge in [-0.3, -0.25) is 0 Å². The van der Waals surface area contributed by atoms with Crippen molar-refractivity contribution in [3.05, 3.63) is 54.1 Å². The highest BCUT2D eigenvalue weighted by Gasteiger charge is 2.16.